The Morgan fingerprint density at radius 3 is 2.87 bits per heavy atom. The standard InChI is InChI=1S/C18H19N3O2/c1-3-4-8-20-17-14-7-9-19-11-15(14)13-6-5-12(18(22)23-2)10-16(13)21-17/h5-7,9-11H,3-4,8H2,1-2H3,(H,20,21). The summed E-state index contributed by atoms with van der Waals surface area (Å²) in [6.07, 6.45) is 5.80. The Balaban J connectivity index is 2.17. The number of fused-ring (bicyclic) bond motifs is 3. The molecular formula is C18H19N3O2. The molecule has 0 unspecified atom stereocenters. The van der Waals surface area contributed by atoms with Crippen molar-refractivity contribution >= 4 is 33.5 Å². The van der Waals surface area contributed by atoms with Gasteiger partial charge >= 0.3 is 5.97 Å². The predicted octanol–water partition coefficient (Wildman–Crippen LogP) is 3.78. The van der Waals surface area contributed by atoms with E-state index in [2.05, 4.69) is 17.2 Å². The number of pyridine rings is 2. The molecule has 0 radical (unpaired) electrons. The molecule has 5 nitrogen and oxygen atoms in total. The minimum Gasteiger partial charge on any atom is -0.465 e. The first-order chi connectivity index (χ1) is 11.2. The van der Waals surface area contributed by atoms with Crippen molar-refractivity contribution in [3.8, 4) is 0 Å². The third-order valence-corrected chi connectivity index (χ3v) is 3.84. The largest absolute Gasteiger partial charge is 0.465 e. The van der Waals surface area contributed by atoms with Gasteiger partial charge in [0.15, 0.2) is 0 Å². The molecule has 0 saturated heterocycles. The number of benzene rings is 1. The number of rotatable bonds is 5. The third kappa shape index (κ3) is 2.95. The third-order valence-electron chi connectivity index (χ3n) is 3.84. The fourth-order valence-corrected chi connectivity index (χ4v) is 2.61. The van der Waals surface area contributed by atoms with Crippen molar-refractivity contribution < 1.29 is 9.53 Å². The molecule has 23 heavy (non-hydrogen) atoms. The van der Waals surface area contributed by atoms with Crippen LogP contribution in [0.5, 0.6) is 0 Å². The lowest BCUT2D eigenvalue weighted by atomic mass is 10.1. The molecule has 3 aromatic rings. The van der Waals surface area contributed by atoms with Crippen LogP contribution in [0.3, 0.4) is 0 Å². The summed E-state index contributed by atoms with van der Waals surface area (Å²) in [5, 5.41) is 6.42. The van der Waals surface area contributed by atoms with Crippen LogP contribution in [0.15, 0.2) is 36.7 Å². The number of ether oxygens (including phenoxy) is 1. The molecule has 0 bridgehead atoms. The van der Waals surface area contributed by atoms with E-state index in [-0.39, 0.29) is 5.97 Å². The van der Waals surface area contributed by atoms with Crippen molar-refractivity contribution in [3.63, 3.8) is 0 Å². The summed E-state index contributed by atoms with van der Waals surface area (Å²) in [7, 11) is 1.38. The molecule has 0 aliphatic rings. The van der Waals surface area contributed by atoms with Gasteiger partial charge in [-0.3, -0.25) is 4.98 Å². The van der Waals surface area contributed by atoms with Crippen molar-refractivity contribution in [3.05, 3.63) is 42.2 Å². The lowest BCUT2D eigenvalue weighted by molar-refractivity contribution is 0.0601. The highest BCUT2D eigenvalue weighted by Crippen LogP contribution is 2.29. The number of methoxy groups -OCH3 is 1. The average Bonchev–Trinajstić information content (AvgIpc) is 2.60. The van der Waals surface area contributed by atoms with Gasteiger partial charge < -0.3 is 10.1 Å². The zero-order valence-electron chi connectivity index (χ0n) is 13.3. The second kappa shape index (κ2) is 6.60. The number of hydrogen-bond acceptors (Lipinski definition) is 5. The Labute approximate surface area is 134 Å². The van der Waals surface area contributed by atoms with E-state index in [1.165, 1.54) is 7.11 Å². The molecule has 0 atom stereocenters. The normalized spacial score (nSPS) is 10.9. The predicted molar refractivity (Wildman–Crippen MR) is 91.8 cm³/mol. The molecule has 1 N–H and O–H groups in total. The van der Waals surface area contributed by atoms with E-state index in [9.17, 15) is 4.79 Å². The van der Waals surface area contributed by atoms with E-state index < -0.39 is 0 Å². The fourth-order valence-electron chi connectivity index (χ4n) is 2.61. The van der Waals surface area contributed by atoms with Gasteiger partial charge in [0, 0.05) is 35.1 Å². The number of nitrogens with zero attached hydrogens (tertiary/aromatic N) is 2. The lowest BCUT2D eigenvalue weighted by Gasteiger charge is -2.11. The number of hydrogen-bond donors (Lipinski definition) is 1. The first-order valence-electron chi connectivity index (χ1n) is 7.74. The summed E-state index contributed by atoms with van der Waals surface area (Å²) in [4.78, 5) is 20.7. The highest BCUT2D eigenvalue weighted by atomic mass is 16.5. The fraction of sp³-hybridized carbons (Fsp3) is 0.278. The van der Waals surface area contributed by atoms with Gasteiger partial charge in [0.2, 0.25) is 0 Å². The number of carbonyl (C=O) groups is 1. The second-order valence-corrected chi connectivity index (χ2v) is 5.39. The van der Waals surface area contributed by atoms with Crippen molar-refractivity contribution in [2.24, 2.45) is 0 Å². The molecule has 0 amide bonds. The van der Waals surface area contributed by atoms with Crippen molar-refractivity contribution in [1.82, 2.24) is 9.97 Å². The molecule has 118 valence electrons. The molecule has 0 saturated carbocycles. The number of unbranched alkanes of at least 4 members (excludes halogenated alkanes) is 1. The Morgan fingerprint density at radius 1 is 1.22 bits per heavy atom. The number of carbonyl (C=O) groups excluding carboxylic acids is 1. The Kier molecular flexibility index (Phi) is 4.37. The molecule has 2 heterocycles. The van der Waals surface area contributed by atoms with Crippen LogP contribution >= 0.6 is 0 Å². The Morgan fingerprint density at radius 2 is 2.09 bits per heavy atom. The summed E-state index contributed by atoms with van der Waals surface area (Å²) in [5.41, 5.74) is 1.25. The van der Waals surface area contributed by atoms with Crippen LogP contribution in [0, 0.1) is 0 Å². The van der Waals surface area contributed by atoms with E-state index in [0.29, 0.717) is 5.56 Å². The molecule has 1 aromatic carbocycles. The average molecular weight is 309 g/mol. The number of nitrogens with one attached hydrogen (secondary N) is 1. The van der Waals surface area contributed by atoms with Gasteiger partial charge in [0.05, 0.1) is 18.2 Å². The molecule has 2 aromatic heterocycles. The number of aromatic nitrogens is 2. The van der Waals surface area contributed by atoms with Gasteiger partial charge in [-0.1, -0.05) is 19.4 Å². The lowest BCUT2D eigenvalue weighted by Crippen LogP contribution is -2.05. The maximum Gasteiger partial charge on any atom is 0.337 e. The molecule has 0 spiro atoms. The van der Waals surface area contributed by atoms with Crippen molar-refractivity contribution in [1.29, 1.82) is 0 Å². The first kappa shape index (κ1) is 15.2. The molecule has 3 rings (SSSR count). The van der Waals surface area contributed by atoms with Crippen molar-refractivity contribution in [2.75, 3.05) is 19.0 Å². The topological polar surface area (TPSA) is 64.1 Å². The van der Waals surface area contributed by atoms with E-state index >= 15 is 0 Å². The minimum absolute atomic E-state index is 0.361. The number of anilines is 1. The Bertz CT molecular complexity index is 861. The minimum atomic E-state index is -0.361. The maximum atomic E-state index is 11.7. The summed E-state index contributed by atoms with van der Waals surface area (Å²) in [5.74, 6) is 0.464. The second-order valence-electron chi connectivity index (χ2n) is 5.39. The van der Waals surface area contributed by atoms with E-state index in [1.807, 2.05) is 18.3 Å². The van der Waals surface area contributed by atoms with Gasteiger partial charge in [-0.15, -0.1) is 0 Å². The highest BCUT2D eigenvalue weighted by Gasteiger charge is 2.11. The molecular weight excluding hydrogens is 290 g/mol. The van der Waals surface area contributed by atoms with E-state index in [1.54, 1.807) is 18.3 Å². The van der Waals surface area contributed by atoms with Crippen LogP contribution in [0.2, 0.25) is 0 Å². The van der Waals surface area contributed by atoms with E-state index in [4.69, 9.17) is 9.72 Å². The first-order valence-corrected chi connectivity index (χ1v) is 7.74. The molecule has 0 aliphatic heterocycles. The van der Waals surface area contributed by atoms with Gasteiger partial charge in [0.1, 0.15) is 5.82 Å². The van der Waals surface area contributed by atoms with Crippen LogP contribution in [-0.4, -0.2) is 29.6 Å². The van der Waals surface area contributed by atoms with Crippen LogP contribution in [0.1, 0.15) is 30.1 Å². The smallest absolute Gasteiger partial charge is 0.337 e. The summed E-state index contributed by atoms with van der Waals surface area (Å²) < 4.78 is 4.79. The van der Waals surface area contributed by atoms with Gasteiger partial charge in [-0.05, 0) is 24.6 Å². The molecule has 5 heteroatoms. The maximum absolute atomic E-state index is 11.7. The number of esters is 1. The zero-order valence-corrected chi connectivity index (χ0v) is 13.3. The van der Waals surface area contributed by atoms with Crippen LogP contribution in [-0.2, 0) is 4.74 Å². The molecule has 0 aliphatic carbocycles. The van der Waals surface area contributed by atoms with Gasteiger partial charge in [-0.25, -0.2) is 9.78 Å². The SMILES string of the molecule is CCCCNc1nc2cc(C(=O)OC)ccc2c2cnccc12. The molecule has 0 fully saturated rings. The summed E-state index contributed by atoms with van der Waals surface area (Å²) >= 11 is 0. The van der Waals surface area contributed by atoms with Crippen LogP contribution in [0.4, 0.5) is 5.82 Å². The quantitative estimate of drug-likeness (QED) is 0.441. The van der Waals surface area contributed by atoms with Gasteiger partial charge in [0.25, 0.3) is 0 Å². The zero-order chi connectivity index (χ0) is 16.2. The highest BCUT2D eigenvalue weighted by molar-refractivity contribution is 6.10. The van der Waals surface area contributed by atoms with Crippen molar-refractivity contribution in [2.45, 2.75) is 19.8 Å². The summed E-state index contributed by atoms with van der Waals surface area (Å²) in [6.45, 7) is 3.02. The summed E-state index contributed by atoms with van der Waals surface area (Å²) in [6, 6.07) is 7.38. The van der Waals surface area contributed by atoms with E-state index in [0.717, 1.165) is 46.9 Å². The Hall–Kier alpha value is -2.69. The van der Waals surface area contributed by atoms with Crippen LogP contribution in [0.25, 0.3) is 21.7 Å². The van der Waals surface area contributed by atoms with Crippen LogP contribution < -0.4 is 5.32 Å². The van der Waals surface area contributed by atoms with Gasteiger partial charge in [-0.2, -0.15) is 0 Å². The monoisotopic (exact) mass is 309 g/mol.